The molecule has 4 nitrogen and oxygen atoms in total. The monoisotopic (exact) mass is 296 g/mol. The van der Waals surface area contributed by atoms with E-state index >= 15 is 0 Å². The molecule has 0 fully saturated rings. The van der Waals surface area contributed by atoms with Crippen LogP contribution in [0, 0.1) is 17.0 Å². The van der Waals surface area contributed by atoms with Gasteiger partial charge in [-0.1, -0.05) is 35.3 Å². The maximum absolute atomic E-state index is 11.0. The molecule has 2 aromatic rings. The lowest BCUT2D eigenvalue weighted by molar-refractivity contribution is -0.383. The summed E-state index contributed by atoms with van der Waals surface area (Å²) in [6.07, 6.45) is 0. The maximum atomic E-state index is 11.0. The van der Waals surface area contributed by atoms with Crippen molar-refractivity contribution >= 4 is 40.3 Å². The first kappa shape index (κ1) is 13.6. The van der Waals surface area contributed by atoms with Crippen LogP contribution in [0.2, 0.25) is 10.0 Å². The van der Waals surface area contributed by atoms with E-state index < -0.39 is 4.92 Å². The molecule has 0 spiro atoms. The highest BCUT2D eigenvalue weighted by atomic mass is 35.5. The molecule has 98 valence electrons. The van der Waals surface area contributed by atoms with Crippen molar-refractivity contribution in [2.24, 2.45) is 0 Å². The number of aryl methyl sites for hydroxylation is 1. The molecule has 0 aliphatic heterocycles. The summed E-state index contributed by atoms with van der Waals surface area (Å²) in [6, 6.07) is 9.84. The fourth-order valence-electron chi connectivity index (χ4n) is 1.66. The third kappa shape index (κ3) is 2.97. The standard InChI is InChI=1S/C13H10Cl2N2O2/c1-8-5-6-12(17(18)19)11(7-8)16-13-9(14)3-2-4-10(13)15/h2-7,16H,1H3. The zero-order valence-corrected chi connectivity index (χ0v) is 11.5. The molecular weight excluding hydrogens is 287 g/mol. The summed E-state index contributed by atoms with van der Waals surface area (Å²) in [5.74, 6) is 0. The molecule has 6 heteroatoms. The van der Waals surface area contributed by atoms with Gasteiger partial charge in [0.1, 0.15) is 5.69 Å². The van der Waals surface area contributed by atoms with E-state index in [-0.39, 0.29) is 5.69 Å². The highest BCUT2D eigenvalue weighted by molar-refractivity contribution is 6.39. The van der Waals surface area contributed by atoms with Crippen molar-refractivity contribution in [3.8, 4) is 0 Å². The van der Waals surface area contributed by atoms with Gasteiger partial charge in [0.15, 0.2) is 0 Å². The lowest BCUT2D eigenvalue weighted by Gasteiger charge is -2.11. The normalized spacial score (nSPS) is 10.3. The molecule has 1 N–H and O–H groups in total. The van der Waals surface area contributed by atoms with Crippen LogP contribution in [0.4, 0.5) is 17.1 Å². The Morgan fingerprint density at radius 1 is 1.16 bits per heavy atom. The Morgan fingerprint density at radius 2 is 1.79 bits per heavy atom. The average Bonchev–Trinajstić information content (AvgIpc) is 2.33. The predicted molar refractivity (Wildman–Crippen MR) is 77.6 cm³/mol. The number of nitrogens with zero attached hydrogens (tertiary/aromatic N) is 1. The van der Waals surface area contributed by atoms with Gasteiger partial charge >= 0.3 is 0 Å². The van der Waals surface area contributed by atoms with E-state index in [4.69, 9.17) is 23.2 Å². The van der Waals surface area contributed by atoms with Gasteiger partial charge < -0.3 is 5.32 Å². The predicted octanol–water partition coefficient (Wildman–Crippen LogP) is 4.95. The lowest BCUT2D eigenvalue weighted by atomic mass is 10.2. The Kier molecular flexibility index (Phi) is 3.93. The first-order valence-electron chi connectivity index (χ1n) is 5.45. The Bertz CT molecular complexity index is 624. The second-order valence-electron chi connectivity index (χ2n) is 4.00. The van der Waals surface area contributed by atoms with E-state index in [0.717, 1.165) is 5.56 Å². The molecular formula is C13H10Cl2N2O2. The van der Waals surface area contributed by atoms with Crippen molar-refractivity contribution in [1.82, 2.24) is 0 Å². The maximum Gasteiger partial charge on any atom is 0.292 e. The minimum absolute atomic E-state index is 0.0263. The average molecular weight is 297 g/mol. The topological polar surface area (TPSA) is 55.2 Å². The summed E-state index contributed by atoms with van der Waals surface area (Å²) in [6.45, 7) is 1.85. The van der Waals surface area contributed by atoms with Gasteiger partial charge in [0, 0.05) is 6.07 Å². The zero-order chi connectivity index (χ0) is 14.0. The molecule has 0 atom stereocenters. The van der Waals surface area contributed by atoms with Crippen LogP contribution < -0.4 is 5.32 Å². The zero-order valence-electron chi connectivity index (χ0n) is 9.98. The van der Waals surface area contributed by atoms with E-state index in [9.17, 15) is 10.1 Å². The van der Waals surface area contributed by atoms with Crippen molar-refractivity contribution in [3.05, 3.63) is 62.1 Å². The Hall–Kier alpha value is -1.78. The fourth-order valence-corrected chi connectivity index (χ4v) is 2.15. The summed E-state index contributed by atoms with van der Waals surface area (Å²) < 4.78 is 0. The second kappa shape index (κ2) is 5.47. The van der Waals surface area contributed by atoms with Crippen LogP contribution in [-0.4, -0.2) is 4.92 Å². The molecule has 2 rings (SSSR count). The summed E-state index contributed by atoms with van der Waals surface area (Å²) >= 11 is 12.1. The van der Waals surface area contributed by atoms with E-state index in [1.54, 1.807) is 30.3 Å². The molecule has 0 aromatic heterocycles. The van der Waals surface area contributed by atoms with Crippen molar-refractivity contribution in [3.63, 3.8) is 0 Å². The van der Waals surface area contributed by atoms with Gasteiger partial charge in [0.25, 0.3) is 5.69 Å². The molecule has 0 unspecified atom stereocenters. The minimum atomic E-state index is -0.452. The quantitative estimate of drug-likeness (QED) is 0.644. The van der Waals surface area contributed by atoms with E-state index in [2.05, 4.69) is 5.32 Å². The van der Waals surface area contributed by atoms with Crippen LogP contribution in [0.5, 0.6) is 0 Å². The number of benzene rings is 2. The number of rotatable bonds is 3. The Balaban J connectivity index is 2.49. The first-order valence-corrected chi connectivity index (χ1v) is 6.20. The molecule has 0 radical (unpaired) electrons. The SMILES string of the molecule is Cc1ccc([N+](=O)[O-])c(Nc2c(Cl)cccc2Cl)c1. The van der Waals surface area contributed by atoms with Crippen LogP contribution >= 0.6 is 23.2 Å². The van der Waals surface area contributed by atoms with E-state index in [0.29, 0.717) is 21.4 Å². The van der Waals surface area contributed by atoms with Gasteiger partial charge in [-0.25, -0.2) is 0 Å². The highest BCUT2D eigenvalue weighted by Crippen LogP contribution is 2.35. The third-order valence-electron chi connectivity index (χ3n) is 2.57. The van der Waals surface area contributed by atoms with Crippen LogP contribution in [0.1, 0.15) is 5.56 Å². The van der Waals surface area contributed by atoms with Crippen molar-refractivity contribution in [2.45, 2.75) is 6.92 Å². The number of nitrogens with one attached hydrogen (secondary N) is 1. The molecule has 0 aliphatic rings. The summed E-state index contributed by atoms with van der Waals surface area (Å²) in [7, 11) is 0. The molecule has 0 heterocycles. The molecule has 0 amide bonds. The summed E-state index contributed by atoms with van der Waals surface area (Å²) in [5.41, 5.74) is 1.69. The van der Waals surface area contributed by atoms with E-state index in [1.165, 1.54) is 6.07 Å². The minimum Gasteiger partial charge on any atom is -0.347 e. The Labute approximate surface area is 120 Å². The van der Waals surface area contributed by atoms with E-state index in [1.807, 2.05) is 6.92 Å². The van der Waals surface area contributed by atoms with Crippen molar-refractivity contribution < 1.29 is 4.92 Å². The van der Waals surface area contributed by atoms with Crippen LogP contribution in [0.3, 0.4) is 0 Å². The van der Waals surface area contributed by atoms with Crippen LogP contribution in [-0.2, 0) is 0 Å². The van der Waals surface area contributed by atoms with Gasteiger partial charge in [0.2, 0.25) is 0 Å². The first-order chi connectivity index (χ1) is 8.99. The molecule has 0 aliphatic carbocycles. The summed E-state index contributed by atoms with van der Waals surface area (Å²) in [5, 5.41) is 14.7. The van der Waals surface area contributed by atoms with Gasteiger partial charge in [-0.3, -0.25) is 10.1 Å². The van der Waals surface area contributed by atoms with Crippen molar-refractivity contribution in [2.75, 3.05) is 5.32 Å². The van der Waals surface area contributed by atoms with Gasteiger partial charge in [-0.05, 0) is 30.7 Å². The number of para-hydroxylation sites is 1. The van der Waals surface area contributed by atoms with Crippen molar-refractivity contribution in [1.29, 1.82) is 0 Å². The molecule has 19 heavy (non-hydrogen) atoms. The number of nitro benzene ring substituents is 1. The van der Waals surface area contributed by atoms with Crippen LogP contribution in [0.25, 0.3) is 0 Å². The smallest absolute Gasteiger partial charge is 0.292 e. The van der Waals surface area contributed by atoms with Gasteiger partial charge in [-0.15, -0.1) is 0 Å². The third-order valence-corrected chi connectivity index (χ3v) is 3.20. The van der Waals surface area contributed by atoms with Gasteiger partial charge in [0.05, 0.1) is 20.7 Å². The molecule has 0 saturated heterocycles. The number of halogens is 2. The molecule has 0 bridgehead atoms. The second-order valence-corrected chi connectivity index (χ2v) is 4.81. The number of hydrogen-bond acceptors (Lipinski definition) is 3. The summed E-state index contributed by atoms with van der Waals surface area (Å²) in [4.78, 5) is 10.5. The molecule has 2 aromatic carbocycles. The highest BCUT2D eigenvalue weighted by Gasteiger charge is 2.15. The lowest BCUT2D eigenvalue weighted by Crippen LogP contribution is -1.98. The number of nitro groups is 1. The number of hydrogen-bond donors (Lipinski definition) is 1. The molecule has 0 saturated carbocycles. The fraction of sp³-hybridized carbons (Fsp3) is 0.0769. The van der Waals surface area contributed by atoms with Gasteiger partial charge in [-0.2, -0.15) is 0 Å². The Morgan fingerprint density at radius 3 is 2.37 bits per heavy atom. The van der Waals surface area contributed by atoms with Crippen LogP contribution in [0.15, 0.2) is 36.4 Å². The number of anilines is 2. The largest absolute Gasteiger partial charge is 0.347 e.